The van der Waals surface area contributed by atoms with E-state index in [1.165, 1.54) is 0 Å². The molecule has 0 aromatic rings. The van der Waals surface area contributed by atoms with E-state index < -0.39 is 0 Å². The minimum absolute atomic E-state index is 1.00. The highest BCUT2D eigenvalue weighted by molar-refractivity contribution is 8.07. The molecule has 2 radical (unpaired) electrons. The minimum atomic E-state index is 1.00. The van der Waals surface area contributed by atoms with Crippen LogP contribution in [0, 0.1) is 0 Å². The lowest BCUT2D eigenvalue weighted by molar-refractivity contribution is 1.99. The second-order valence-electron chi connectivity index (χ2n) is 0.827. The van der Waals surface area contributed by atoms with Gasteiger partial charge in [0.2, 0.25) is 0 Å². The molecule has 0 spiro atoms. The molecule has 0 fully saturated rings. The zero-order valence-corrected chi connectivity index (χ0v) is 4.20. The largest absolute Gasteiger partial charge is 0.236 e. The molecule has 0 heterocycles. The summed E-state index contributed by atoms with van der Waals surface area (Å²) in [6.45, 7) is 3.83. The van der Waals surface area contributed by atoms with Gasteiger partial charge in [-0.25, -0.2) is 12.5 Å². The van der Waals surface area contributed by atoms with E-state index in [9.17, 15) is 0 Å². The Morgan fingerprint density at radius 3 is 2.40 bits per heavy atom. The summed E-state index contributed by atoms with van der Waals surface area (Å²) in [5, 5.41) is 0. The number of hydrogen-bond donors (Lipinski definition) is 1. The normalized spacial score (nSPS) is 6.80. The van der Waals surface area contributed by atoms with Gasteiger partial charge in [-0.2, -0.15) is 0 Å². The lowest BCUT2D eigenvalue weighted by Crippen LogP contribution is -1.82. The van der Waals surface area contributed by atoms with Crippen molar-refractivity contribution in [1.29, 1.82) is 0 Å². The smallest absolute Gasteiger partial charge is 0.178 e. The Hall–Kier alpha value is 0.480. The fourth-order valence-corrected chi connectivity index (χ4v) is 0.316. The van der Waals surface area contributed by atoms with Gasteiger partial charge < -0.3 is 0 Å². The first-order chi connectivity index (χ1) is 2.41. The maximum Gasteiger partial charge on any atom is 0.178 e. The molecule has 0 rings (SSSR count). The van der Waals surface area contributed by atoms with Crippen LogP contribution in [0.15, 0.2) is 0 Å². The molecule has 0 aromatic heterocycles. The molecule has 0 N–H and O–H groups in total. The average Bonchev–Trinajstić information content (AvgIpc) is 1.41. The fourth-order valence-electron chi connectivity index (χ4n) is 0.105. The summed E-state index contributed by atoms with van der Waals surface area (Å²) < 4.78 is 0. The molecule has 0 atom stereocenters. The van der Waals surface area contributed by atoms with E-state index in [-0.39, 0.29) is 0 Å². The second-order valence-corrected chi connectivity index (χ2v) is 1.19. The van der Waals surface area contributed by atoms with Crippen LogP contribution >= 0.6 is 12.5 Å². The summed E-state index contributed by atoms with van der Waals surface area (Å²) >= 11 is 3.84. The first kappa shape index (κ1) is 5.48. The zero-order chi connectivity index (χ0) is 4.12. The fraction of sp³-hybridized carbons (Fsp3) is 1.00. The molecule has 0 aliphatic heterocycles. The first-order valence-electron chi connectivity index (χ1n) is 1.65. The van der Waals surface area contributed by atoms with Crippen LogP contribution in [0.4, 0.5) is 0 Å². The molecule has 0 aromatic carbocycles. The van der Waals surface area contributed by atoms with Crippen LogP contribution in [0.2, 0.25) is 13.0 Å². The molecular weight excluding hydrogens is 77.7 g/mol. The molecule has 5 heavy (non-hydrogen) atoms. The summed E-state index contributed by atoms with van der Waals surface area (Å²) in [6, 6.07) is 0. The highest BCUT2D eigenvalue weighted by Gasteiger charge is 1.75. The maximum atomic E-state index is 3.84. The van der Waals surface area contributed by atoms with Gasteiger partial charge in [0, 0.05) is 0 Å². The predicted octanol–water partition coefficient (Wildman–Crippen LogP) is 0.663. The standard InChI is InChI=1S/C2H6B2S/c1-3-2-4-5/h5H,2H2,1H3. The summed E-state index contributed by atoms with van der Waals surface area (Å²) in [5.74, 6) is 0. The number of rotatable bonds is 2. The molecule has 3 heteroatoms. The van der Waals surface area contributed by atoms with Gasteiger partial charge >= 0.3 is 0 Å². The highest BCUT2D eigenvalue weighted by atomic mass is 32.1. The Morgan fingerprint density at radius 2 is 2.40 bits per heavy atom. The van der Waals surface area contributed by atoms with Crippen LogP contribution in [0.5, 0.6) is 0 Å². The summed E-state index contributed by atoms with van der Waals surface area (Å²) in [7, 11) is 2.05. The zero-order valence-electron chi connectivity index (χ0n) is 3.31. The van der Waals surface area contributed by atoms with Crippen molar-refractivity contribution in [3.05, 3.63) is 0 Å². The Balaban J connectivity index is 2.19. The number of hydrogen-bond acceptors (Lipinski definition) is 1. The molecule has 0 unspecified atom stereocenters. The Kier molecular flexibility index (Phi) is 4.91. The van der Waals surface area contributed by atoms with E-state index in [2.05, 4.69) is 12.5 Å². The molecule has 0 saturated carbocycles. The van der Waals surface area contributed by atoms with Crippen LogP contribution in [-0.4, -0.2) is 13.8 Å². The van der Waals surface area contributed by atoms with E-state index in [0.29, 0.717) is 0 Å². The monoisotopic (exact) mass is 84.0 g/mol. The van der Waals surface area contributed by atoms with Crippen LogP contribution in [0.1, 0.15) is 0 Å². The molecule has 0 saturated heterocycles. The van der Waals surface area contributed by atoms with Gasteiger partial charge in [0.25, 0.3) is 0 Å². The molecule has 0 nitrogen and oxygen atoms in total. The van der Waals surface area contributed by atoms with Crippen molar-refractivity contribution >= 4 is 26.3 Å². The van der Waals surface area contributed by atoms with E-state index in [0.717, 1.165) is 6.22 Å². The van der Waals surface area contributed by atoms with Crippen molar-refractivity contribution in [2.45, 2.75) is 13.0 Å². The third kappa shape index (κ3) is 4.48. The third-order valence-electron chi connectivity index (χ3n) is 0.341. The molecule has 0 bridgehead atoms. The lowest BCUT2D eigenvalue weighted by Gasteiger charge is -1.73. The minimum Gasteiger partial charge on any atom is -0.236 e. The van der Waals surface area contributed by atoms with Crippen LogP contribution < -0.4 is 0 Å². The van der Waals surface area contributed by atoms with Crippen molar-refractivity contribution in [3.63, 3.8) is 0 Å². The Morgan fingerprint density at radius 1 is 1.80 bits per heavy atom. The van der Waals surface area contributed by atoms with Crippen molar-refractivity contribution < 1.29 is 0 Å². The second kappa shape index (κ2) is 4.48. The molecule has 0 aliphatic carbocycles. The van der Waals surface area contributed by atoms with Crippen molar-refractivity contribution in [2.75, 3.05) is 0 Å². The van der Waals surface area contributed by atoms with Gasteiger partial charge in [0.05, 0.1) is 7.28 Å². The van der Waals surface area contributed by atoms with E-state index in [1.54, 1.807) is 0 Å². The highest BCUT2D eigenvalue weighted by Crippen LogP contribution is 1.74. The number of thiol groups is 1. The summed E-state index contributed by atoms with van der Waals surface area (Å²) in [5.41, 5.74) is 0. The van der Waals surface area contributed by atoms with Gasteiger partial charge in [-0.3, -0.25) is 0 Å². The van der Waals surface area contributed by atoms with Crippen molar-refractivity contribution in [3.8, 4) is 0 Å². The topological polar surface area (TPSA) is 0 Å². The SMILES string of the molecule is C[B]C[B]S. The molecular formula is C2H6B2S. The van der Waals surface area contributed by atoms with Crippen molar-refractivity contribution in [2.24, 2.45) is 0 Å². The Bertz CT molecular complexity index is 15.1. The Labute approximate surface area is 40.1 Å². The lowest BCUT2D eigenvalue weighted by atomic mass is 9.68. The molecule has 0 aliphatic rings. The first-order valence-corrected chi connectivity index (χ1v) is 2.17. The van der Waals surface area contributed by atoms with Gasteiger partial charge in [-0.15, -0.1) is 0 Å². The average molecular weight is 83.8 g/mol. The van der Waals surface area contributed by atoms with E-state index in [1.807, 2.05) is 20.7 Å². The summed E-state index contributed by atoms with van der Waals surface area (Å²) in [4.78, 5) is 0. The molecule has 26 valence electrons. The van der Waals surface area contributed by atoms with Crippen LogP contribution in [-0.2, 0) is 0 Å². The van der Waals surface area contributed by atoms with Crippen molar-refractivity contribution in [1.82, 2.24) is 0 Å². The van der Waals surface area contributed by atoms with Gasteiger partial charge in [0.1, 0.15) is 0 Å². The van der Waals surface area contributed by atoms with Crippen LogP contribution in [0.3, 0.4) is 0 Å². The predicted molar refractivity (Wildman–Crippen MR) is 31.2 cm³/mol. The molecule has 0 amide bonds. The van der Waals surface area contributed by atoms with Gasteiger partial charge in [-0.05, 0) is 0 Å². The third-order valence-corrected chi connectivity index (χ3v) is 0.552. The van der Waals surface area contributed by atoms with Gasteiger partial charge in [0.15, 0.2) is 6.56 Å². The van der Waals surface area contributed by atoms with E-state index in [4.69, 9.17) is 0 Å². The summed E-state index contributed by atoms with van der Waals surface area (Å²) in [6.07, 6.45) is 1.00. The maximum absolute atomic E-state index is 3.84. The van der Waals surface area contributed by atoms with Crippen LogP contribution in [0.25, 0.3) is 0 Å². The van der Waals surface area contributed by atoms with Gasteiger partial charge in [-0.1, -0.05) is 13.0 Å². The van der Waals surface area contributed by atoms with E-state index >= 15 is 0 Å². The quantitative estimate of drug-likeness (QED) is 0.368.